The molecule has 36 heavy (non-hydrogen) atoms. The number of benzene rings is 2. The van der Waals surface area contributed by atoms with Gasteiger partial charge in [0, 0.05) is 12.1 Å². The maximum atomic E-state index is 13.1. The first-order valence-corrected chi connectivity index (χ1v) is 11.3. The number of carbonyl (C=O) groups excluding carboxylic acids is 2. The Morgan fingerprint density at radius 1 is 0.833 bits per heavy atom. The average Bonchev–Trinajstić information content (AvgIpc) is 2.74. The predicted octanol–water partition coefficient (Wildman–Crippen LogP) is 4.61. The van der Waals surface area contributed by atoms with Crippen LogP contribution in [0.1, 0.15) is 41.5 Å². The highest BCUT2D eigenvalue weighted by Crippen LogP contribution is 2.31. The molecule has 2 aromatic carbocycles. The van der Waals surface area contributed by atoms with E-state index in [1.165, 1.54) is 18.4 Å². The SMILES string of the molecule is CC(C)(C)OC(=O)COc1ccc(-c2coc3cc(OCC(=O)OC(C)(C)C)cc(O)c3c2=O)cc1. The molecule has 9 nitrogen and oxygen atoms in total. The number of hydrogen-bond donors (Lipinski definition) is 1. The van der Waals surface area contributed by atoms with Crippen LogP contribution < -0.4 is 14.9 Å². The van der Waals surface area contributed by atoms with Gasteiger partial charge in [-0.15, -0.1) is 0 Å². The van der Waals surface area contributed by atoms with Gasteiger partial charge in [0.15, 0.2) is 13.2 Å². The second-order valence-electron chi connectivity index (χ2n) is 10.1. The van der Waals surface area contributed by atoms with Crippen molar-refractivity contribution in [2.75, 3.05) is 13.2 Å². The second kappa shape index (κ2) is 10.3. The molecule has 0 unspecified atom stereocenters. The zero-order valence-corrected chi connectivity index (χ0v) is 21.2. The molecule has 1 N–H and O–H groups in total. The third kappa shape index (κ3) is 7.24. The van der Waals surface area contributed by atoms with E-state index in [2.05, 4.69) is 0 Å². The van der Waals surface area contributed by atoms with Crippen LogP contribution >= 0.6 is 0 Å². The average molecular weight is 499 g/mol. The Bertz CT molecular complexity index is 1310. The number of fused-ring (bicyclic) bond motifs is 1. The summed E-state index contributed by atoms with van der Waals surface area (Å²) in [7, 11) is 0. The molecular formula is C27H30O9. The van der Waals surface area contributed by atoms with Gasteiger partial charge in [-0.25, -0.2) is 9.59 Å². The van der Waals surface area contributed by atoms with Gasteiger partial charge < -0.3 is 28.5 Å². The fraction of sp³-hybridized carbons (Fsp3) is 0.370. The van der Waals surface area contributed by atoms with Crippen LogP contribution in [0.3, 0.4) is 0 Å². The summed E-state index contributed by atoms with van der Waals surface area (Å²) in [4.78, 5) is 36.8. The zero-order valence-electron chi connectivity index (χ0n) is 21.2. The van der Waals surface area contributed by atoms with E-state index in [-0.39, 0.29) is 41.2 Å². The molecule has 0 bridgehead atoms. The van der Waals surface area contributed by atoms with Gasteiger partial charge in [-0.3, -0.25) is 4.79 Å². The standard InChI is InChI=1S/C27H30O9/c1-26(2,3)35-22(29)14-32-17-9-7-16(8-10-17)19-13-34-21-12-18(11-20(28)24(21)25(19)31)33-15-23(30)36-27(4,5)6/h7-13,28H,14-15H2,1-6H3. The highest BCUT2D eigenvalue weighted by molar-refractivity contribution is 5.88. The molecule has 0 spiro atoms. The summed E-state index contributed by atoms with van der Waals surface area (Å²) in [6.07, 6.45) is 1.28. The van der Waals surface area contributed by atoms with E-state index in [0.29, 0.717) is 11.3 Å². The fourth-order valence-electron chi connectivity index (χ4n) is 3.25. The van der Waals surface area contributed by atoms with Crippen LogP contribution in [-0.2, 0) is 19.1 Å². The Kier molecular flexibility index (Phi) is 7.62. The normalized spacial score (nSPS) is 11.7. The van der Waals surface area contributed by atoms with Gasteiger partial charge in [0.05, 0.1) is 5.56 Å². The maximum Gasteiger partial charge on any atom is 0.344 e. The lowest BCUT2D eigenvalue weighted by molar-refractivity contribution is -0.158. The number of phenols is 1. The Morgan fingerprint density at radius 3 is 1.89 bits per heavy atom. The minimum absolute atomic E-state index is 0.0256. The number of ether oxygens (including phenoxy) is 4. The van der Waals surface area contributed by atoms with Crippen molar-refractivity contribution in [1.29, 1.82) is 0 Å². The summed E-state index contributed by atoms with van der Waals surface area (Å²) in [5.74, 6) is -0.846. The van der Waals surface area contributed by atoms with Crippen LogP contribution in [0.2, 0.25) is 0 Å². The molecule has 0 fully saturated rings. The van der Waals surface area contributed by atoms with Crippen LogP contribution in [0.25, 0.3) is 22.1 Å². The molecule has 1 heterocycles. The molecule has 0 atom stereocenters. The molecule has 0 radical (unpaired) electrons. The van der Waals surface area contributed by atoms with E-state index < -0.39 is 28.6 Å². The van der Waals surface area contributed by atoms with Gasteiger partial charge in [0.25, 0.3) is 0 Å². The predicted molar refractivity (Wildman–Crippen MR) is 132 cm³/mol. The first-order valence-electron chi connectivity index (χ1n) is 11.3. The Labute approximate surface area is 208 Å². The minimum Gasteiger partial charge on any atom is -0.507 e. The minimum atomic E-state index is -0.655. The molecule has 9 heteroatoms. The Balaban J connectivity index is 1.75. The number of hydrogen-bond acceptors (Lipinski definition) is 9. The van der Waals surface area contributed by atoms with E-state index in [1.54, 1.807) is 65.8 Å². The van der Waals surface area contributed by atoms with Crippen molar-refractivity contribution in [3.05, 3.63) is 52.9 Å². The summed E-state index contributed by atoms with van der Waals surface area (Å²) < 4.78 is 26.8. The number of phenolic OH excluding ortho intramolecular Hbond substituents is 1. The third-order valence-electron chi connectivity index (χ3n) is 4.55. The van der Waals surface area contributed by atoms with E-state index >= 15 is 0 Å². The van der Waals surface area contributed by atoms with E-state index in [4.69, 9.17) is 23.4 Å². The van der Waals surface area contributed by atoms with E-state index in [1.807, 2.05) is 0 Å². The number of esters is 2. The quantitative estimate of drug-likeness (QED) is 0.466. The summed E-state index contributed by atoms with van der Waals surface area (Å²) in [5.41, 5.74) is -0.864. The highest BCUT2D eigenvalue weighted by atomic mass is 16.6. The summed E-state index contributed by atoms with van der Waals surface area (Å²) in [6, 6.07) is 9.14. The molecule has 0 amide bonds. The summed E-state index contributed by atoms with van der Waals surface area (Å²) >= 11 is 0. The van der Waals surface area contributed by atoms with Crippen molar-refractivity contribution in [3.63, 3.8) is 0 Å². The Hall–Kier alpha value is -4.01. The third-order valence-corrected chi connectivity index (χ3v) is 4.55. The first kappa shape index (κ1) is 26.6. The van der Waals surface area contributed by atoms with Crippen molar-refractivity contribution < 1.29 is 38.1 Å². The van der Waals surface area contributed by atoms with Crippen LogP contribution in [0.5, 0.6) is 17.2 Å². The largest absolute Gasteiger partial charge is 0.507 e. The molecule has 192 valence electrons. The fourth-order valence-corrected chi connectivity index (χ4v) is 3.25. The lowest BCUT2D eigenvalue weighted by atomic mass is 10.0. The molecule has 0 saturated heterocycles. The second-order valence-corrected chi connectivity index (χ2v) is 10.1. The number of aromatic hydroxyl groups is 1. The smallest absolute Gasteiger partial charge is 0.344 e. The van der Waals surface area contributed by atoms with Crippen LogP contribution in [0.4, 0.5) is 0 Å². The van der Waals surface area contributed by atoms with E-state index in [0.717, 1.165) is 0 Å². The van der Waals surface area contributed by atoms with Gasteiger partial charge in [0.1, 0.15) is 45.7 Å². The topological polar surface area (TPSA) is 122 Å². The number of carbonyl (C=O) groups is 2. The maximum absolute atomic E-state index is 13.1. The molecule has 3 aromatic rings. The molecule has 0 aliphatic rings. The monoisotopic (exact) mass is 498 g/mol. The van der Waals surface area contributed by atoms with Crippen molar-refractivity contribution >= 4 is 22.9 Å². The van der Waals surface area contributed by atoms with Crippen LogP contribution in [-0.4, -0.2) is 41.5 Å². The molecule has 0 saturated carbocycles. The zero-order chi connectivity index (χ0) is 26.7. The Morgan fingerprint density at radius 2 is 1.36 bits per heavy atom. The highest BCUT2D eigenvalue weighted by Gasteiger charge is 2.19. The molecule has 0 aliphatic carbocycles. The summed E-state index contributed by atoms with van der Waals surface area (Å²) in [5, 5.41) is 10.5. The van der Waals surface area contributed by atoms with Gasteiger partial charge in [-0.2, -0.15) is 0 Å². The van der Waals surface area contributed by atoms with Gasteiger partial charge >= 0.3 is 11.9 Å². The molecular weight excluding hydrogens is 468 g/mol. The van der Waals surface area contributed by atoms with Crippen molar-refractivity contribution in [1.82, 2.24) is 0 Å². The van der Waals surface area contributed by atoms with Gasteiger partial charge in [0.2, 0.25) is 5.43 Å². The lowest BCUT2D eigenvalue weighted by Crippen LogP contribution is -2.27. The lowest BCUT2D eigenvalue weighted by Gasteiger charge is -2.19. The van der Waals surface area contributed by atoms with Crippen LogP contribution in [0, 0.1) is 0 Å². The molecule has 3 rings (SSSR count). The molecule has 0 aliphatic heterocycles. The summed E-state index contributed by atoms with van der Waals surface area (Å²) in [6.45, 7) is 9.91. The molecule has 1 aromatic heterocycles. The van der Waals surface area contributed by atoms with Crippen LogP contribution in [0.15, 0.2) is 51.9 Å². The first-order chi connectivity index (χ1) is 16.7. The van der Waals surface area contributed by atoms with Gasteiger partial charge in [-0.1, -0.05) is 12.1 Å². The van der Waals surface area contributed by atoms with E-state index in [9.17, 15) is 19.5 Å². The van der Waals surface area contributed by atoms with Crippen molar-refractivity contribution in [2.45, 2.75) is 52.7 Å². The van der Waals surface area contributed by atoms with Gasteiger partial charge in [-0.05, 0) is 59.2 Å². The van der Waals surface area contributed by atoms with Crippen molar-refractivity contribution in [2.24, 2.45) is 0 Å². The number of rotatable bonds is 7. The van der Waals surface area contributed by atoms with Crippen molar-refractivity contribution in [3.8, 4) is 28.4 Å².